The topological polar surface area (TPSA) is 89.8 Å². The van der Waals surface area contributed by atoms with Crippen molar-refractivity contribution in [3.8, 4) is 11.4 Å². The van der Waals surface area contributed by atoms with Crippen LogP contribution in [0.15, 0.2) is 47.4 Å². The summed E-state index contributed by atoms with van der Waals surface area (Å²) >= 11 is 1.08. The van der Waals surface area contributed by atoms with Crippen molar-refractivity contribution < 1.29 is 14.0 Å². The molecule has 2 aromatic carbocycles. The van der Waals surface area contributed by atoms with E-state index >= 15 is 0 Å². The van der Waals surface area contributed by atoms with Gasteiger partial charge < -0.3 is 5.32 Å². The average molecular weight is 411 g/mol. The standard InChI is InChI=1S/C20H18FN5O2S/c1-12(27)14-4-9-18(17(21)10-14)29-11-19(28)22-15-5-2-13(3-6-15)20-23-24-25-26(20)16-7-8-16/h2-6,9-10,16H,7-8,11H2,1H3,(H,22,28). The van der Waals surface area contributed by atoms with E-state index in [4.69, 9.17) is 0 Å². The second-order valence-electron chi connectivity index (χ2n) is 6.79. The number of hydrogen-bond donors (Lipinski definition) is 1. The van der Waals surface area contributed by atoms with Gasteiger partial charge in [-0.15, -0.1) is 16.9 Å². The number of hydrogen-bond acceptors (Lipinski definition) is 6. The number of benzene rings is 2. The van der Waals surface area contributed by atoms with Crippen molar-refractivity contribution in [3.63, 3.8) is 0 Å². The molecule has 0 spiro atoms. The summed E-state index contributed by atoms with van der Waals surface area (Å²) in [6.45, 7) is 1.38. The fraction of sp³-hybridized carbons (Fsp3) is 0.250. The van der Waals surface area contributed by atoms with Gasteiger partial charge in [0.05, 0.1) is 11.8 Å². The molecule has 1 saturated carbocycles. The van der Waals surface area contributed by atoms with E-state index < -0.39 is 5.82 Å². The van der Waals surface area contributed by atoms with Gasteiger partial charge in [-0.1, -0.05) is 6.07 Å². The second kappa shape index (κ2) is 8.12. The Morgan fingerprint density at radius 3 is 2.62 bits per heavy atom. The molecule has 1 aromatic heterocycles. The molecule has 7 nitrogen and oxygen atoms in total. The molecule has 29 heavy (non-hydrogen) atoms. The summed E-state index contributed by atoms with van der Waals surface area (Å²) < 4.78 is 15.9. The van der Waals surface area contributed by atoms with Gasteiger partial charge in [0.2, 0.25) is 5.91 Å². The molecule has 1 amide bonds. The predicted octanol–water partition coefficient (Wildman–Crippen LogP) is 3.75. The van der Waals surface area contributed by atoms with Gasteiger partial charge in [-0.3, -0.25) is 9.59 Å². The number of aromatic nitrogens is 4. The lowest BCUT2D eigenvalue weighted by Crippen LogP contribution is -2.14. The fourth-order valence-corrected chi connectivity index (χ4v) is 3.55. The smallest absolute Gasteiger partial charge is 0.234 e. The van der Waals surface area contributed by atoms with Gasteiger partial charge in [0.25, 0.3) is 0 Å². The molecule has 0 aliphatic heterocycles. The SMILES string of the molecule is CC(=O)c1ccc(SCC(=O)Nc2ccc(-c3nnnn3C3CC3)cc2)c(F)c1. The Hall–Kier alpha value is -3.07. The lowest BCUT2D eigenvalue weighted by atomic mass is 10.1. The molecule has 1 aliphatic rings. The van der Waals surface area contributed by atoms with E-state index in [2.05, 4.69) is 20.8 Å². The Labute approximate surface area is 170 Å². The highest BCUT2D eigenvalue weighted by Gasteiger charge is 2.28. The number of carbonyl (C=O) groups excluding carboxylic acids is 2. The Bertz CT molecular complexity index is 1060. The maximum absolute atomic E-state index is 14.0. The van der Waals surface area contributed by atoms with Gasteiger partial charge in [0.1, 0.15) is 5.82 Å². The number of halogens is 1. The van der Waals surface area contributed by atoms with Gasteiger partial charge >= 0.3 is 0 Å². The van der Waals surface area contributed by atoms with Crippen LogP contribution in [0.25, 0.3) is 11.4 Å². The van der Waals surface area contributed by atoms with Crippen LogP contribution in [0.3, 0.4) is 0 Å². The van der Waals surface area contributed by atoms with Crippen LogP contribution < -0.4 is 5.32 Å². The van der Waals surface area contributed by atoms with Crippen molar-refractivity contribution in [1.29, 1.82) is 0 Å². The minimum atomic E-state index is -0.506. The maximum atomic E-state index is 14.0. The predicted molar refractivity (Wildman–Crippen MR) is 107 cm³/mol. The van der Waals surface area contributed by atoms with E-state index in [0.717, 1.165) is 30.2 Å². The van der Waals surface area contributed by atoms with Crippen LogP contribution in [0.2, 0.25) is 0 Å². The van der Waals surface area contributed by atoms with E-state index in [1.807, 2.05) is 16.8 Å². The quantitative estimate of drug-likeness (QED) is 0.470. The van der Waals surface area contributed by atoms with E-state index in [-0.39, 0.29) is 17.4 Å². The Balaban J connectivity index is 1.35. The van der Waals surface area contributed by atoms with E-state index in [1.54, 1.807) is 18.2 Å². The molecule has 0 unspecified atom stereocenters. The van der Waals surface area contributed by atoms with Crippen molar-refractivity contribution in [3.05, 3.63) is 53.8 Å². The number of nitrogens with one attached hydrogen (secondary N) is 1. The number of tetrazole rings is 1. The molecule has 148 valence electrons. The summed E-state index contributed by atoms with van der Waals surface area (Å²) in [4.78, 5) is 23.8. The van der Waals surface area contributed by atoms with Gasteiger partial charge in [0, 0.05) is 21.7 Å². The summed E-state index contributed by atoms with van der Waals surface area (Å²) in [6.07, 6.45) is 2.17. The Morgan fingerprint density at radius 1 is 1.21 bits per heavy atom. The molecule has 0 saturated heterocycles. The van der Waals surface area contributed by atoms with Crippen LogP contribution in [0.5, 0.6) is 0 Å². The molecule has 9 heteroatoms. The van der Waals surface area contributed by atoms with Crippen molar-refractivity contribution >= 4 is 29.1 Å². The zero-order valence-corrected chi connectivity index (χ0v) is 16.4. The molecule has 0 bridgehead atoms. The van der Waals surface area contributed by atoms with Crippen molar-refractivity contribution in [1.82, 2.24) is 20.2 Å². The van der Waals surface area contributed by atoms with E-state index in [0.29, 0.717) is 28.0 Å². The van der Waals surface area contributed by atoms with Crippen molar-refractivity contribution in [2.45, 2.75) is 30.7 Å². The Morgan fingerprint density at radius 2 is 1.97 bits per heavy atom. The highest BCUT2D eigenvalue weighted by Crippen LogP contribution is 2.36. The van der Waals surface area contributed by atoms with E-state index in [9.17, 15) is 14.0 Å². The van der Waals surface area contributed by atoms with Gasteiger partial charge in [-0.2, -0.15) is 0 Å². The first kappa shape index (κ1) is 19.3. The highest BCUT2D eigenvalue weighted by molar-refractivity contribution is 8.00. The first-order valence-corrected chi connectivity index (χ1v) is 10.1. The zero-order chi connectivity index (χ0) is 20.4. The summed E-state index contributed by atoms with van der Waals surface area (Å²) in [5, 5.41) is 14.7. The highest BCUT2D eigenvalue weighted by atomic mass is 32.2. The number of Topliss-reactive ketones (excluding diaryl/α,β-unsaturated/α-hetero) is 1. The first-order chi connectivity index (χ1) is 14.0. The third-order valence-corrected chi connectivity index (χ3v) is 5.56. The third kappa shape index (κ3) is 4.51. The Kier molecular flexibility index (Phi) is 5.39. The number of rotatable bonds is 7. The number of amides is 1. The zero-order valence-electron chi connectivity index (χ0n) is 15.6. The molecule has 1 heterocycles. The largest absolute Gasteiger partial charge is 0.325 e. The van der Waals surface area contributed by atoms with Gasteiger partial charge in [0.15, 0.2) is 11.6 Å². The molecule has 4 rings (SSSR count). The lowest BCUT2D eigenvalue weighted by Gasteiger charge is -2.08. The summed E-state index contributed by atoms with van der Waals surface area (Å²) in [5.41, 5.74) is 1.82. The number of carbonyl (C=O) groups is 2. The van der Waals surface area contributed by atoms with Crippen LogP contribution in [0, 0.1) is 5.82 Å². The van der Waals surface area contributed by atoms with Gasteiger partial charge in [-0.25, -0.2) is 9.07 Å². The molecule has 0 radical (unpaired) electrons. The molecular formula is C20H18FN5O2S. The van der Waals surface area contributed by atoms with Crippen LogP contribution in [-0.2, 0) is 4.79 Å². The fourth-order valence-electron chi connectivity index (χ4n) is 2.83. The second-order valence-corrected chi connectivity index (χ2v) is 7.81. The van der Waals surface area contributed by atoms with Crippen LogP contribution in [0.1, 0.15) is 36.2 Å². The minimum Gasteiger partial charge on any atom is -0.325 e. The minimum absolute atomic E-state index is 0.0536. The molecular weight excluding hydrogens is 393 g/mol. The average Bonchev–Trinajstić information content (AvgIpc) is 3.44. The van der Waals surface area contributed by atoms with Crippen molar-refractivity contribution in [2.75, 3.05) is 11.1 Å². The number of ketones is 1. The van der Waals surface area contributed by atoms with Crippen LogP contribution in [0.4, 0.5) is 10.1 Å². The molecule has 0 atom stereocenters. The van der Waals surface area contributed by atoms with E-state index in [1.165, 1.54) is 19.1 Å². The number of anilines is 1. The summed E-state index contributed by atoms with van der Waals surface area (Å²) in [7, 11) is 0. The molecule has 1 aliphatic carbocycles. The maximum Gasteiger partial charge on any atom is 0.234 e. The molecule has 1 N–H and O–H groups in total. The summed E-state index contributed by atoms with van der Waals surface area (Å²) in [6, 6.07) is 11.9. The molecule has 3 aromatic rings. The monoisotopic (exact) mass is 411 g/mol. The molecule has 1 fully saturated rings. The first-order valence-electron chi connectivity index (χ1n) is 9.12. The van der Waals surface area contributed by atoms with Crippen molar-refractivity contribution in [2.24, 2.45) is 0 Å². The van der Waals surface area contributed by atoms with Crippen LogP contribution >= 0.6 is 11.8 Å². The van der Waals surface area contributed by atoms with Gasteiger partial charge in [-0.05, 0) is 66.6 Å². The number of thioether (sulfide) groups is 1. The third-order valence-electron chi connectivity index (χ3n) is 4.51. The normalized spacial score (nSPS) is 13.3. The summed E-state index contributed by atoms with van der Waals surface area (Å²) in [5.74, 6) is -0.190. The number of nitrogens with zero attached hydrogens (tertiary/aromatic N) is 4. The lowest BCUT2D eigenvalue weighted by molar-refractivity contribution is -0.113. The van der Waals surface area contributed by atoms with Crippen LogP contribution in [-0.4, -0.2) is 37.7 Å².